The van der Waals surface area contributed by atoms with E-state index in [1.807, 2.05) is 0 Å². The summed E-state index contributed by atoms with van der Waals surface area (Å²) in [6, 6.07) is 0.393. The molecule has 0 aromatic heterocycles. The van der Waals surface area contributed by atoms with E-state index in [9.17, 15) is 4.79 Å². The van der Waals surface area contributed by atoms with Crippen molar-refractivity contribution in [3.8, 4) is 0 Å². The minimum Gasteiger partial charge on any atom is -0.469 e. The van der Waals surface area contributed by atoms with E-state index in [1.54, 1.807) is 0 Å². The molecule has 0 radical (unpaired) electrons. The molecule has 0 bridgehead atoms. The summed E-state index contributed by atoms with van der Waals surface area (Å²) >= 11 is 0. The number of carbonyl (C=O) groups is 1. The Kier molecular flexibility index (Phi) is 5.81. The van der Waals surface area contributed by atoms with Gasteiger partial charge in [0.1, 0.15) is 0 Å². The summed E-state index contributed by atoms with van der Waals surface area (Å²) in [6.45, 7) is 6.74. The van der Waals surface area contributed by atoms with E-state index in [1.165, 1.54) is 20.0 Å². The van der Waals surface area contributed by atoms with E-state index >= 15 is 0 Å². The van der Waals surface area contributed by atoms with Crippen LogP contribution in [0, 0.1) is 5.92 Å². The molecule has 1 heterocycles. The van der Waals surface area contributed by atoms with Crippen molar-refractivity contribution in [2.45, 2.75) is 52.0 Å². The monoisotopic (exact) mass is 227 g/mol. The second-order valence-electron chi connectivity index (χ2n) is 4.67. The first kappa shape index (κ1) is 13.5. The molecule has 0 aromatic carbocycles. The summed E-state index contributed by atoms with van der Waals surface area (Å²) in [4.78, 5) is 13.9. The Bertz CT molecular complexity index is 206. The molecule has 1 aliphatic heterocycles. The number of ether oxygens (including phenoxy) is 1. The van der Waals surface area contributed by atoms with Gasteiger partial charge in [-0.25, -0.2) is 0 Å². The molecule has 1 rings (SSSR count). The highest BCUT2D eigenvalue weighted by molar-refractivity contribution is 5.70. The van der Waals surface area contributed by atoms with Crippen LogP contribution in [-0.2, 0) is 9.53 Å². The number of hydrogen-bond acceptors (Lipinski definition) is 3. The number of methoxy groups -OCH3 is 1. The van der Waals surface area contributed by atoms with Crippen LogP contribution in [0.2, 0.25) is 0 Å². The standard InChI is InChI=1S/C13H25NO2/c1-4-11(5-2)12(10-13(15)16-3)14-8-6-7-9-14/h11-12H,4-10H2,1-3H3. The maximum atomic E-state index is 11.5. The number of carbonyl (C=O) groups excluding carboxylic acids is 1. The minimum absolute atomic E-state index is 0.0659. The number of hydrogen-bond donors (Lipinski definition) is 0. The Morgan fingerprint density at radius 2 is 1.81 bits per heavy atom. The van der Waals surface area contributed by atoms with Gasteiger partial charge in [-0.2, -0.15) is 0 Å². The molecule has 0 saturated carbocycles. The summed E-state index contributed by atoms with van der Waals surface area (Å²) in [5, 5.41) is 0. The van der Waals surface area contributed by atoms with Crippen molar-refractivity contribution in [2.24, 2.45) is 5.92 Å². The zero-order valence-electron chi connectivity index (χ0n) is 10.9. The van der Waals surface area contributed by atoms with E-state index < -0.39 is 0 Å². The first-order chi connectivity index (χ1) is 7.72. The molecular formula is C13H25NO2. The maximum Gasteiger partial charge on any atom is 0.307 e. The Labute approximate surface area is 99.1 Å². The Hall–Kier alpha value is -0.570. The van der Waals surface area contributed by atoms with Crippen LogP contribution in [0.5, 0.6) is 0 Å². The molecule has 1 aliphatic rings. The van der Waals surface area contributed by atoms with E-state index in [0.29, 0.717) is 18.4 Å². The molecule has 16 heavy (non-hydrogen) atoms. The first-order valence-corrected chi connectivity index (χ1v) is 6.53. The van der Waals surface area contributed by atoms with Crippen molar-refractivity contribution in [1.82, 2.24) is 4.90 Å². The van der Waals surface area contributed by atoms with Crippen LogP contribution < -0.4 is 0 Å². The third-order valence-electron chi connectivity index (χ3n) is 3.81. The smallest absolute Gasteiger partial charge is 0.307 e. The van der Waals surface area contributed by atoms with Crippen LogP contribution in [0.1, 0.15) is 46.0 Å². The molecular weight excluding hydrogens is 202 g/mol. The Morgan fingerprint density at radius 1 is 1.25 bits per heavy atom. The third kappa shape index (κ3) is 3.48. The van der Waals surface area contributed by atoms with Gasteiger partial charge in [0.25, 0.3) is 0 Å². The number of esters is 1. The van der Waals surface area contributed by atoms with Crippen LogP contribution in [-0.4, -0.2) is 37.1 Å². The van der Waals surface area contributed by atoms with E-state index in [4.69, 9.17) is 4.74 Å². The molecule has 0 amide bonds. The van der Waals surface area contributed by atoms with Gasteiger partial charge in [0.2, 0.25) is 0 Å². The fourth-order valence-electron chi connectivity index (χ4n) is 2.75. The van der Waals surface area contributed by atoms with E-state index in [-0.39, 0.29) is 5.97 Å². The number of rotatable bonds is 6. The molecule has 1 saturated heterocycles. The fraction of sp³-hybridized carbons (Fsp3) is 0.923. The van der Waals surface area contributed by atoms with E-state index in [0.717, 1.165) is 25.9 Å². The summed E-state index contributed by atoms with van der Waals surface area (Å²) < 4.78 is 4.81. The summed E-state index contributed by atoms with van der Waals surface area (Å²) in [5.74, 6) is 0.556. The van der Waals surface area contributed by atoms with Crippen LogP contribution in [0.15, 0.2) is 0 Å². The van der Waals surface area contributed by atoms with Gasteiger partial charge in [-0.05, 0) is 31.8 Å². The van der Waals surface area contributed by atoms with Gasteiger partial charge in [-0.1, -0.05) is 26.7 Å². The predicted octanol–water partition coefficient (Wildman–Crippen LogP) is 2.45. The largest absolute Gasteiger partial charge is 0.469 e. The molecule has 0 aliphatic carbocycles. The maximum absolute atomic E-state index is 11.5. The summed E-state index contributed by atoms with van der Waals surface area (Å²) in [6.07, 6.45) is 5.40. The average molecular weight is 227 g/mol. The van der Waals surface area contributed by atoms with Crippen LogP contribution in [0.3, 0.4) is 0 Å². The second-order valence-corrected chi connectivity index (χ2v) is 4.67. The SMILES string of the molecule is CCC(CC)C(CC(=O)OC)N1CCCC1. The minimum atomic E-state index is -0.0659. The van der Waals surface area contributed by atoms with Crippen molar-refractivity contribution in [1.29, 1.82) is 0 Å². The molecule has 94 valence electrons. The van der Waals surface area contributed by atoms with Crippen molar-refractivity contribution in [3.63, 3.8) is 0 Å². The van der Waals surface area contributed by atoms with Gasteiger partial charge in [-0.15, -0.1) is 0 Å². The highest BCUT2D eigenvalue weighted by atomic mass is 16.5. The lowest BCUT2D eigenvalue weighted by atomic mass is 9.90. The quantitative estimate of drug-likeness (QED) is 0.653. The van der Waals surface area contributed by atoms with Gasteiger partial charge in [0, 0.05) is 6.04 Å². The predicted molar refractivity (Wildman–Crippen MR) is 65.3 cm³/mol. The Balaban J connectivity index is 2.62. The van der Waals surface area contributed by atoms with Gasteiger partial charge in [-0.3, -0.25) is 9.69 Å². The molecule has 1 fully saturated rings. The lowest BCUT2D eigenvalue weighted by Crippen LogP contribution is -2.40. The average Bonchev–Trinajstić information content (AvgIpc) is 2.82. The molecule has 0 N–H and O–H groups in total. The molecule has 1 unspecified atom stereocenters. The van der Waals surface area contributed by atoms with Crippen LogP contribution >= 0.6 is 0 Å². The van der Waals surface area contributed by atoms with Gasteiger partial charge in [0.15, 0.2) is 0 Å². The van der Waals surface area contributed by atoms with E-state index in [2.05, 4.69) is 18.7 Å². The number of nitrogens with zero attached hydrogens (tertiary/aromatic N) is 1. The lowest BCUT2D eigenvalue weighted by Gasteiger charge is -2.32. The molecule has 0 aromatic rings. The second kappa shape index (κ2) is 6.89. The van der Waals surface area contributed by atoms with Crippen LogP contribution in [0.4, 0.5) is 0 Å². The normalized spacial score (nSPS) is 19.0. The van der Waals surface area contributed by atoms with Crippen molar-refractivity contribution in [3.05, 3.63) is 0 Å². The summed E-state index contributed by atoms with van der Waals surface area (Å²) in [5.41, 5.74) is 0. The van der Waals surface area contributed by atoms with Gasteiger partial charge < -0.3 is 4.74 Å². The van der Waals surface area contributed by atoms with Crippen LogP contribution in [0.25, 0.3) is 0 Å². The third-order valence-corrected chi connectivity index (χ3v) is 3.81. The molecule has 1 atom stereocenters. The zero-order valence-corrected chi connectivity index (χ0v) is 10.9. The zero-order chi connectivity index (χ0) is 12.0. The fourth-order valence-corrected chi connectivity index (χ4v) is 2.75. The summed E-state index contributed by atoms with van der Waals surface area (Å²) in [7, 11) is 1.48. The highest BCUT2D eigenvalue weighted by Crippen LogP contribution is 2.25. The Morgan fingerprint density at radius 3 is 2.25 bits per heavy atom. The number of likely N-dealkylation sites (tertiary alicyclic amines) is 1. The molecule has 3 heteroatoms. The first-order valence-electron chi connectivity index (χ1n) is 6.53. The van der Waals surface area contributed by atoms with Crippen molar-refractivity contribution >= 4 is 5.97 Å². The highest BCUT2D eigenvalue weighted by Gasteiger charge is 2.29. The van der Waals surface area contributed by atoms with Gasteiger partial charge in [0.05, 0.1) is 13.5 Å². The van der Waals surface area contributed by atoms with Gasteiger partial charge >= 0.3 is 5.97 Å². The topological polar surface area (TPSA) is 29.5 Å². The lowest BCUT2D eigenvalue weighted by molar-refractivity contribution is -0.142. The van der Waals surface area contributed by atoms with Crippen molar-refractivity contribution < 1.29 is 9.53 Å². The molecule has 3 nitrogen and oxygen atoms in total. The molecule has 0 spiro atoms. The van der Waals surface area contributed by atoms with Crippen molar-refractivity contribution in [2.75, 3.05) is 20.2 Å².